The van der Waals surface area contributed by atoms with Crippen LogP contribution in [0.2, 0.25) is 0 Å². The molecule has 0 saturated heterocycles. The molecule has 0 unspecified atom stereocenters. The van der Waals surface area contributed by atoms with Crippen LogP contribution in [0.1, 0.15) is 13.3 Å². The molecule has 7 heteroatoms. The fraction of sp³-hybridized carbons (Fsp3) is 0.308. The van der Waals surface area contributed by atoms with Crippen molar-refractivity contribution in [3.63, 3.8) is 0 Å². The second kappa shape index (κ2) is 5.41. The van der Waals surface area contributed by atoms with Crippen molar-refractivity contribution in [3.05, 3.63) is 24.3 Å². The van der Waals surface area contributed by atoms with Crippen molar-refractivity contribution in [2.24, 2.45) is 0 Å². The Morgan fingerprint density at radius 3 is 3.00 bits per heavy atom. The minimum absolute atomic E-state index is 0.228. The summed E-state index contributed by atoms with van der Waals surface area (Å²) in [5.74, 6) is -0.228. The zero-order valence-corrected chi connectivity index (χ0v) is 12.7. The average Bonchev–Trinajstić information content (AvgIpc) is 3.03. The first-order valence-electron chi connectivity index (χ1n) is 6.21. The van der Waals surface area contributed by atoms with Crippen molar-refractivity contribution >= 4 is 44.2 Å². The summed E-state index contributed by atoms with van der Waals surface area (Å²) < 4.78 is 7.97. The Kier molecular flexibility index (Phi) is 3.62. The molecule has 0 aliphatic heterocycles. The highest BCUT2D eigenvalue weighted by Crippen LogP contribution is 2.32. The molecule has 5 nitrogen and oxygen atoms in total. The Balaban J connectivity index is 2.05. The lowest BCUT2D eigenvalue weighted by Crippen LogP contribution is -2.18. The van der Waals surface area contributed by atoms with Crippen LogP contribution in [0.3, 0.4) is 0 Å². The van der Waals surface area contributed by atoms with Gasteiger partial charge in [0.05, 0.1) is 17.3 Å². The molecular formula is C13H13N3O2S2. The van der Waals surface area contributed by atoms with Crippen LogP contribution < -0.4 is 0 Å². The van der Waals surface area contributed by atoms with Gasteiger partial charge < -0.3 is 4.74 Å². The number of esters is 1. The zero-order chi connectivity index (χ0) is 14.1. The number of carbonyl (C=O) groups is 1. The molecule has 2 heterocycles. The first-order chi connectivity index (χ1) is 9.74. The highest BCUT2D eigenvalue weighted by atomic mass is 32.2. The third kappa shape index (κ3) is 2.16. The van der Waals surface area contributed by atoms with Crippen LogP contribution in [0.25, 0.3) is 15.2 Å². The second-order valence-corrected chi connectivity index (χ2v) is 6.39. The van der Waals surface area contributed by atoms with E-state index in [0.29, 0.717) is 6.42 Å². The van der Waals surface area contributed by atoms with Gasteiger partial charge in [-0.05, 0) is 18.6 Å². The van der Waals surface area contributed by atoms with E-state index in [1.807, 2.05) is 29.5 Å². The Labute approximate surface area is 124 Å². The van der Waals surface area contributed by atoms with E-state index in [4.69, 9.17) is 4.74 Å². The van der Waals surface area contributed by atoms with E-state index >= 15 is 0 Å². The van der Waals surface area contributed by atoms with E-state index in [1.165, 1.54) is 18.9 Å². The monoisotopic (exact) mass is 307 g/mol. The van der Waals surface area contributed by atoms with Crippen LogP contribution in [-0.4, -0.2) is 32.9 Å². The molecule has 0 spiro atoms. The summed E-state index contributed by atoms with van der Waals surface area (Å²) in [5, 5.41) is 8.85. The highest BCUT2D eigenvalue weighted by molar-refractivity contribution is 8.00. The fourth-order valence-electron chi connectivity index (χ4n) is 1.99. The number of fused-ring (bicyclic) bond motifs is 3. The summed E-state index contributed by atoms with van der Waals surface area (Å²) in [4.78, 5) is 12.6. The normalized spacial score (nSPS) is 12.9. The quantitative estimate of drug-likeness (QED) is 0.548. The molecule has 0 aliphatic carbocycles. The summed E-state index contributed by atoms with van der Waals surface area (Å²) in [6.07, 6.45) is 0.689. The number of hydrogen-bond acceptors (Lipinski definition) is 6. The number of thiazole rings is 1. The van der Waals surface area contributed by atoms with E-state index in [2.05, 4.69) is 16.3 Å². The number of aromatic nitrogens is 3. The van der Waals surface area contributed by atoms with Gasteiger partial charge in [-0.3, -0.25) is 9.20 Å². The van der Waals surface area contributed by atoms with E-state index in [-0.39, 0.29) is 11.2 Å². The van der Waals surface area contributed by atoms with Gasteiger partial charge in [-0.15, -0.1) is 10.2 Å². The molecule has 1 atom stereocenters. The van der Waals surface area contributed by atoms with Crippen LogP contribution in [0.5, 0.6) is 0 Å². The molecule has 0 saturated carbocycles. The van der Waals surface area contributed by atoms with Gasteiger partial charge in [-0.1, -0.05) is 42.2 Å². The van der Waals surface area contributed by atoms with Gasteiger partial charge in [0.25, 0.3) is 0 Å². The first kappa shape index (κ1) is 13.4. The smallest absolute Gasteiger partial charge is 0.319 e. The number of hydrogen-bond donors (Lipinski definition) is 0. The molecule has 0 fully saturated rings. The minimum atomic E-state index is -0.258. The molecule has 0 aliphatic rings. The molecule has 0 bridgehead atoms. The van der Waals surface area contributed by atoms with Crippen LogP contribution in [0.4, 0.5) is 0 Å². The molecule has 0 N–H and O–H groups in total. The van der Waals surface area contributed by atoms with Gasteiger partial charge >= 0.3 is 5.97 Å². The third-order valence-electron chi connectivity index (χ3n) is 2.99. The Hall–Kier alpha value is -1.60. The predicted molar refractivity (Wildman–Crippen MR) is 80.3 cm³/mol. The Bertz CT molecular complexity index is 765. The number of para-hydroxylation sites is 1. The number of rotatable bonds is 4. The lowest BCUT2D eigenvalue weighted by molar-refractivity contribution is -0.140. The van der Waals surface area contributed by atoms with Crippen LogP contribution in [-0.2, 0) is 9.53 Å². The summed E-state index contributed by atoms with van der Waals surface area (Å²) in [6.45, 7) is 1.96. The van der Waals surface area contributed by atoms with Crippen molar-refractivity contribution in [1.29, 1.82) is 0 Å². The molecule has 3 rings (SSSR count). The maximum atomic E-state index is 11.7. The lowest BCUT2D eigenvalue weighted by Gasteiger charge is -2.09. The molecule has 0 amide bonds. The van der Waals surface area contributed by atoms with Crippen LogP contribution >= 0.6 is 23.1 Å². The van der Waals surface area contributed by atoms with E-state index in [9.17, 15) is 4.79 Å². The van der Waals surface area contributed by atoms with Crippen LogP contribution in [0.15, 0.2) is 29.4 Å². The number of nitrogens with zero attached hydrogens (tertiary/aromatic N) is 3. The SMILES string of the molecule is CC[C@H](Sc1nnc2sc3ccccc3n12)C(=O)OC. The van der Waals surface area contributed by atoms with Crippen LogP contribution in [0, 0.1) is 0 Å². The Morgan fingerprint density at radius 2 is 2.25 bits per heavy atom. The van der Waals surface area contributed by atoms with Gasteiger partial charge in [0.2, 0.25) is 4.96 Å². The van der Waals surface area contributed by atoms with Gasteiger partial charge in [0.1, 0.15) is 5.25 Å². The molecule has 0 radical (unpaired) electrons. The maximum absolute atomic E-state index is 11.7. The zero-order valence-electron chi connectivity index (χ0n) is 11.1. The second-order valence-electron chi connectivity index (χ2n) is 4.21. The van der Waals surface area contributed by atoms with Crippen molar-refractivity contribution in [3.8, 4) is 0 Å². The number of thioether (sulfide) groups is 1. The van der Waals surface area contributed by atoms with E-state index in [0.717, 1.165) is 20.3 Å². The molecular weight excluding hydrogens is 294 g/mol. The summed E-state index contributed by atoms with van der Waals surface area (Å²) in [5.41, 5.74) is 1.07. The fourth-order valence-corrected chi connectivity index (χ4v) is 4.00. The highest BCUT2D eigenvalue weighted by Gasteiger charge is 2.22. The Morgan fingerprint density at radius 1 is 1.45 bits per heavy atom. The minimum Gasteiger partial charge on any atom is -0.468 e. The largest absolute Gasteiger partial charge is 0.468 e. The van der Waals surface area contributed by atoms with Crippen molar-refractivity contribution in [2.75, 3.05) is 7.11 Å². The predicted octanol–water partition coefficient (Wildman–Crippen LogP) is 2.99. The third-order valence-corrected chi connectivity index (χ3v) is 5.29. The number of ether oxygens (including phenoxy) is 1. The van der Waals surface area contributed by atoms with Gasteiger partial charge in [-0.25, -0.2) is 0 Å². The standard InChI is InChI=1S/C13H13N3O2S2/c1-3-9(11(17)18-2)19-12-14-15-13-16(12)8-6-4-5-7-10(8)20-13/h4-7,9H,3H2,1-2H3/t9-/m0/s1. The number of benzene rings is 1. The molecule has 104 valence electrons. The molecule has 1 aromatic carbocycles. The van der Waals surface area contributed by atoms with Crippen molar-refractivity contribution < 1.29 is 9.53 Å². The molecule has 2 aromatic heterocycles. The topological polar surface area (TPSA) is 56.5 Å². The van der Waals surface area contributed by atoms with Gasteiger partial charge in [0.15, 0.2) is 5.16 Å². The summed E-state index contributed by atoms with van der Waals surface area (Å²) in [7, 11) is 1.41. The van der Waals surface area contributed by atoms with Crippen molar-refractivity contribution in [2.45, 2.75) is 23.8 Å². The van der Waals surface area contributed by atoms with E-state index in [1.54, 1.807) is 11.3 Å². The lowest BCUT2D eigenvalue weighted by atomic mass is 10.3. The van der Waals surface area contributed by atoms with Gasteiger partial charge in [-0.2, -0.15) is 0 Å². The molecule has 3 aromatic rings. The summed E-state index contributed by atoms with van der Waals surface area (Å²) >= 11 is 2.99. The first-order valence-corrected chi connectivity index (χ1v) is 7.91. The number of carbonyl (C=O) groups excluding carboxylic acids is 1. The summed E-state index contributed by atoms with van der Waals surface area (Å²) in [6, 6.07) is 8.08. The average molecular weight is 307 g/mol. The van der Waals surface area contributed by atoms with Gasteiger partial charge in [0, 0.05) is 0 Å². The van der Waals surface area contributed by atoms with Crippen molar-refractivity contribution in [1.82, 2.24) is 14.6 Å². The number of methoxy groups -OCH3 is 1. The van der Waals surface area contributed by atoms with E-state index < -0.39 is 0 Å². The maximum Gasteiger partial charge on any atom is 0.319 e. The molecule has 20 heavy (non-hydrogen) atoms.